The quantitative estimate of drug-likeness (QED) is 0.423. The molecule has 7 nitrogen and oxygen atoms in total. The number of hydrogen-bond donors (Lipinski definition) is 1. The summed E-state index contributed by atoms with van der Waals surface area (Å²) < 4.78 is 33.0. The summed E-state index contributed by atoms with van der Waals surface area (Å²) in [7, 11) is 7.16. The monoisotopic (exact) mass is 366 g/mol. The van der Waals surface area contributed by atoms with Gasteiger partial charge in [-0.3, -0.25) is 0 Å². The van der Waals surface area contributed by atoms with Crippen LogP contribution in [0.1, 0.15) is 12.8 Å². The molecule has 2 aliphatic rings. The van der Waals surface area contributed by atoms with Gasteiger partial charge < -0.3 is 32.9 Å². The first kappa shape index (κ1) is 19.8. The highest BCUT2D eigenvalue weighted by Gasteiger charge is 2.39. The van der Waals surface area contributed by atoms with Crippen LogP contribution in [-0.2, 0) is 39.8 Å². The SMILES string of the molecule is B[C@H]1C[C@@H](OC)[C@@H](COP(O)(=S)O[C@@H]2C[C@H](B)O[C@@H]2COC)O1. The molecule has 2 heterocycles. The van der Waals surface area contributed by atoms with Crippen LogP contribution in [0.5, 0.6) is 0 Å². The third-order valence-corrected chi connectivity index (χ3v) is 5.66. The fourth-order valence-corrected chi connectivity index (χ4v) is 4.50. The molecule has 0 spiro atoms. The Kier molecular flexibility index (Phi) is 7.53. The second-order valence-corrected chi connectivity index (χ2v) is 8.87. The predicted octanol–water partition coefficient (Wildman–Crippen LogP) is -1.24. The summed E-state index contributed by atoms with van der Waals surface area (Å²) >= 11 is 5.12. The zero-order chi connectivity index (χ0) is 17.0. The smallest absolute Gasteiger partial charge is 0.324 e. The van der Waals surface area contributed by atoms with Crippen molar-refractivity contribution < 1.29 is 32.9 Å². The summed E-state index contributed by atoms with van der Waals surface area (Å²) in [6.07, 6.45) is 0.556. The van der Waals surface area contributed by atoms with E-state index < -0.39 is 6.72 Å². The largest absolute Gasteiger partial charge is 0.382 e. The van der Waals surface area contributed by atoms with Gasteiger partial charge in [0.15, 0.2) is 0 Å². The maximum Gasteiger partial charge on any atom is 0.324 e. The minimum Gasteiger partial charge on any atom is -0.382 e. The van der Waals surface area contributed by atoms with Crippen molar-refractivity contribution in [3.8, 4) is 0 Å². The molecule has 7 atom stereocenters. The van der Waals surface area contributed by atoms with Crippen molar-refractivity contribution in [1.82, 2.24) is 0 Å². The van der Waals surface area contributed by atoms with Gasteiger partial charge in [-0.15, -0.1) is 0 Å². The first-order valence-corrected chi connectivity index (χ1v) is 10.4. The highest BCUT2D eigenvalue weighted by molar-refractivity contribution is 8.07. The molecule has 2 saturated heterocycles. The standard InChI is InChI=1S/C12H25B2O7PS/c1-16-5-9-8(4-12(14)19-9)21-22(15,23)18-6-10-7(17-2)3-11(13)20-10/h7-12H,3-6,13-14H2,1-2H3,(H,15,23)/t7-,8-,9-,10-,11-,12-,22?/m1/s1. The molecule has 2 fully saturated rings. The molecule has 0 radical (unpaired) electrons. The first-order chi connectivity index (χ1) is 10.8. The third kappa shape index (κ3) is 5.76. The van der Waals surface area contributed by atoms with Gasteiger partial charge in [-0.1, -0.05) is 0 Å². The van der Waals surface area contributed by atoms with Gasteiger partial charge in [0.05, 0.1) is 25.4 Å². The van der Waals surface area contributed by atoms with E-state index in [1.54, 1.807) is 14.2 Å². The molecule has 0 aromatic rings. The van der Waals surface area contributed by atoms with Crippen LogP contribution in [0.15, 0.2) is 0 Å². The summed E-state index contributed by atoms with van der Waals surface area (Å²) in [6.45, 7) is -2.84. The molecule has 0 aromatic carbocycles. The Labute approximate surface area is 144 Å². The zero-order valence-corrected chi connectivity index (χ0v) is 15.8. The fraction of sp³-hybridized carbons (Fsp3) is 1.00. The van der Waals surface area contributed by atoms with E-state index in [9.17, 15) is 4.89 Å². The molecular weight excluding hydrogens is 341 g/mol. The summed E-state index contributed by atoms with van der Waals surface area (Å²) in [5, 5.41) is 0. The molecule has 2 rings (SSSR count). The van der Waals surface area contributed by atoms with Gasteiger partial charge in [-0.2, -0.15) is 0 Å². The van der Waals surface area contributed by atoms with Crippen molar-refractivity contribution in [3.63, 3.8) is 0 Å². The van der Waals surface area contributed by atoms with E-state index >= 15 is 0 Å². The van der Waals surface area contributed by atoms with Crippen molar-refractivity contribution in [2.24, 2.45) is 0 Å². The summed E-state index contributed by atoms with van der Waals surface area (Å²) in [4.78, 5) is 10.3. The normalized spacial score (nSPS) is 40.3. The lowest BCUT2D eigenvalue weighted by molar-refractivity contribution is -0.0301. The second kappa shape index (κ2) is 8.74. The lowest BCUT2D eigenvalue weighted by Crippen LogP contribution is -2.30. The van der Waals surface area contributed by atoms with Crippen molar-refractivity contribution >= 4 is 34.2 Å². The molecule has 0 saturated carbocycles. The molecule has 2 aliphatic heterocycles. The topological polar surface area (TPSA) is 75.6 Å². The van der Waals surface area contributed by atoms with E-state index in [1.807, 2.05) is 15.7 Å². The minimum atomic E-state index is -3.38. The van der Waals surface area contributed by atoms with Gasteiger partial charge >= 0.3 is 6.72 Å². The Balaban J connectivity index is 1.85. The maximum atomic E-state index is 10.3. The average molecular weight is 366 g/mol. The number of hydrogen-bond acceptors (Lipinski definition) is 7. The maximum absolute atomic E-state index is 10.3. The third-order valence-electron chi connectivity index (χ3n) is 4.08. The van der Waals surface area contributed by atoms with Crippen LogP contribution in [0.4, 0.5) is 0 Å². The van der Waals surface area contributed by atoms with E-state index in [4.69, 9.17) is 39.8 Å². The van der Waals surface area contributed by atoms with E-state index in [0.717, 1.165) is 6.42 Å². The van der Waals surface area contributed by atoms with Crippen LogP contribution in [0, 0.1) is 0 Å². The number of ether oxygens (including phenoxy) is 4. The molecule has 132 valence electrons. The predicted molar refractivity (Wildman–Crippen MR) is 93.6 cm³/mol. The first-order valence-electron chi connectivity index (χ1n) is 7.83. The molecule has 0 aliphatic carbocycles. The van der Waals surface area contributed by atoms with Gasteiger partial charge in [0, 0.05) is 26.2 Å². The Morgan fingerprint density at radius 3 is 2.22 bits per heavy atom. The second-order valence-electron chi connectivity index (χ2n) is 6.08. The lowest BCUT2D eigenvalue weighted by Gasteiger charge is -2.25. The fourth-order valence-electron chi connectivity index (χ4n) is 3.03. The number of rotatable bonds is 8. The molecule has 0 aromatic heterocycles. The van der Waals surface area contributed by atoms with Crippen molar-refractivity contribution in [1.29, 1.82) is 0 Å². The molecule has 1 unspecified atom stereocenters. The van der Waals surface area contributed by atoms with E-state index in [2.05, 4.69) is 0 Å². The van der Waals surface area contributed by atoms with Crippen LogP contribution in [-0.4, -0.2) is 84.4 Å². The van der Waals surface area contributed by atoms with Crippen LogP contribution in [0.3, 0.4) is 0 Å². The molecule has 11 heteroatoms. The summed E-state index contributed by atoms with van der Waals surface area (Å²) in [5.74, 6) is 0. The van der Waals surface area contributed by atoms with Crippen molar-refractivity contribution in [3.05, 3.63) is 0 Å². The Hall–Kier alpha value is 0.500. The van der Waals surface area contributed by atoms with Crippen LogP contribution in [0.2, 0.25) is 0 Å². The highest BCUT2D eigenvalue weighted by atomic mass is 32.5. The minimum absolute atomic E-state index is 0.0343. The summed E-state index contributed by atoms with van der Waals surface area (Å²) in [6, 6.07) is 0.133. The molecule has 0 bridgehead atoms. The van der Waals surface area contributed by atoms with Gasteiger partial charge in [-0.25, -0.2) is 0 Å². The van der Waals surface area contributed by atoms with Crippen molar-refractivity contribution in [2.75, 3.05) is 27.4 Å². The Bertz CT molecular complexity index is 432. The van der Waals surface area contributed by atoms with Crippen molar-refractivity contribution in [2.45, 2.75) is 49.3 Å². The highest BCUT2D eigenvalue weighted by Crippen LogP contribution is 2.48. The van der Waals surface area contributed by atoms with Gasteiger partial charge in [0.1, 0.15) is 27.9 Å². The number of methoxy groups -OCH3 is 2. The lowest BCUT2D eigenvalue weighted by atomic mass is 9.96. The van der Waals surface area contributed by atoms with E-state index in [-0.39, 0.29) is 43.0 Å². The molecule has 1 N–H and O–H groups in total. The van der Waals surface area contributed by atoms with E-state index in [0.29, 0.717) is 13.0 Å². The molecule has 23 heavy (non-hydrogen) atoms. The van der Waals surface area contributed by atoms with E-state index in [1.165, 1.54) is 0 Å². The Morgan fingerprint density at radius 1 is 1.09 bits per heavy atom. The van der Waals surface area contributed by atoms with Gasteiger partial charge in [0.25, 0.3) is 0 Å². The average Bonchev–Trinajstić information content (AvgIpc) is 2.99. The van der Waals surface area contributed by atoms with Crippen LogP contribution in [0.25, 0.3) is 0 Å². The van der Waals surface area contributed by atoms with Gasteiger partial charge in [-0.05, 0) is 24.6 Å². The summed E-state index contributed by atoms with van der Waals surface area (Å²) in [5.41, 5.74) is 0. The Morgan fingerprint density at radius 2 is 1.65 bits per heavy atom. The van der Waals surface area contributed by atoms with Crippen LogP contribution >= 0.6 is 6.72 Å². The van der Waals surface area contributed by atoms with Gasteiger partial charge in [0.2, 0.25) is 0 Å². The zero-order valence-electron chi connectivity index (χ0n) is 14.0. The molecular formula is C12H25B2O7PS. The molecule has 0 amide bonds. The van der Waals surface area contributed by atoms with Crippen LogP contribution < -0.4 is 0 Å².